The quantitative estimate of drug-likeness (QED) is 0.546. The average Bonchev–Trinajstić information content (AvgIpc) is 2.06. The van der Waals surface area contributed by atoms with Crippen LogP contribution in [0, 0.1) is 0 Å². The molecule has 0 aliphatic carbocycles. The lowest BCUT2D eigenvalue weighted by atomic mass is 10.0. The van der Waals surface area contributed by atoms with E-state index < -0.39 is 0 Å². The van der Waals surface area contributed by atoms with Gasteiger partial charge >= 0.3 is 0 Å². The molecule has 1 heteroatoms. The Balaban J connectivity index is 2.56. The minimum absolute atomic E-state index is 0.711. The Kier molecular flexibility index (Phi) is 1.42. The molecule has 0 bridgehead atoms. The number of hydrogen-bond donors (Lipinski definition) is 0. The van der Waals surface area contributed by atoms with Crippen LogP contribution in [0.4, 0.5) is 0 Å². The first kappa shape index (κ1) is 6.47. The van der Waals surface area contributed by atoms with Gasteiger partial charge in [-0.15, -0.1) is 0 Å². The van der Waals surface area contributed by atoms with Crippen molar-refractivity contribution in [3.63, 3.8) is 0 Å². The Morgan fingerprint density at radius 3 is 2.91 bits per heavy atom. The molecule has 0 aromatic heterocycles. The number of rotatable bonds is 0. The summed E-state index contributed by atoms with van der Waals surface area (Å²) in [5.74, 6) is 1.01. The van der Waals surface area contributed by atoms with Gasteiger partial charge in [0, 0.05) is 5.56 Å². The van der Waals surface area contributed by atoms with Crippen LogP contribution in [0.2, 0.25) is 0 Å². The maximum atomic E-state index is 5.42. The van der Waals surface area contributed by atoms with Gasteiger partial charge in [0.2, 0.25) is 0 Å². The highest BCUT2D eigenvalue weighted by Crippen LogP contribution is 2.28. The topological polar surface area (TPSA) is 9.23 Å². The predicted octanol–water partition coefficient (Wildman–Crippen LogP) is 2.48. The first-order chi connectivity index (χ1) is 5.38. The molecule has 1 aromatic rings. The summed E-state index contributed by atoms with van der Waals surface area (Å²) in [6.45, 7) is 2.82. The molecule has 1 aromatic carbocycles. The molecule has 0 fully saturated rings. The third-order valence-corrected chi connectivity index (χ3v) is 1.94. The fraction of sp³-hybridized carbons (Fsp3) is 0.200. The van der Waals surface area contributed by atoms with Gasteiger partial charge in [-0.1, -0.05) is 18.2 Å². The predicted molar refractivity (Wildman–Crippen MR) is 45.6 cm³/mol. The highest BCUT2D eigenvalue weighted by atomic mass is 16.5. The van der Waals surface area contributed by atoms with E-state index in [2.05, 4.69) is 19.1 Å². The first-order valence-corrected chi connectivity index (χ1v) is 3.77. The standard InChI is InChI=1S/C10H10O/c1-8-6-7-11-10-5-3-2-4-9(8)10/h2-6H,7H2,1H3. The van der Waals surface area contributed by atoms with Crippen LogP contribution in [-0.2, 0) is 0 Å². The molecule has 0 radical (unpaired) electrons. The summed E-state index contributed by atoms with van der Waals surface area (Å²) in [6.07, 6.45) is 2.10. The number of ether oxygens (including phenoxy) is 1. The summed E-state index contributed by atoms with van der Waals surface area (Å²) >= 11 is 0. The Hall–Kier alpha value is -1.24. The lowest BCUT2D eigenvalue weighted by Crippen LogP contribution is -2.02. The molecule has 56 valence electrons. The normalized spacial score (nSPS) is 14.8. The van der Waals surface area contributed by atoms with Crippen LogP contribution in [0.15, 0.2) is 30.3 Å². The average molecular weight is 146 g/mol. The fourth-order valence-electron chi connectivity index (χ4n) is 1.28. The highest BCUT2D eigenvalue weighted by molar-refractivity contribution is 5.70. The van der Waals surface area contributed by atoms with Crippen LogP contribution in [0.3, 0.4) is 0 Å². The Labute approximate surface area is 66.3 Å². The molecule has 1 aliphatic rings. The van der Waals surface area contributed by atoms with Crippen molar-refractivity contribution in [2.45, 2.75) is 6.92 Å². The number of fused-ring (bicyclic) bond motifs is 1. The molecule has 0 saturated heterocycles. The molecule has 0 N–H and O–H groups in total. The van der Waals surface area contributed by atoms with Gasteiger partial charge in [-0.25, -0.2) is 0 Å². The molecule has 1 nitrogen and oxygen atoms in total. The molecule has 0 saturated carbocycles. The van der Waals surface area contributed by atoms with E-state index in [4.69, 9.17) is 4.74 Å². The van der Waals surface area contributed by atoms with Crippen molar-refractivity contribution in [1.82, 2.24) is 0 Å². The van der Waals surface area contributed by atoms with Gasteiger partial charge in [-0.3, -0.25) is 0 Å². The van der Waals surface area contributed by atoms with E-state index in [-0.39, 0.29) is 0 Å². The van der Waals surface area contributed by atoms with Crippen molar-refractivity contribution >= 4 is 5.57 Å². The zero-order chi connectivity index (χ0) is 7.68. The van der Waals surface area contributed by atoms with E-state index >= 15 is 0 Å². The molecule has 0 unspecified atom stereocenters. The number of para-hydroxylation sites is 1. The van der Waals surface area contributed by atoms with Crippen LogP contribution in [0.1, 0.15) is 12.5 Å². The van der Waals surface area contributed by atoms with E-state index in [1.54, 1.807) is 0 Å². The fourth-order valence-corrected chi connectivity index (χ4v) is 1.28. The molecular formula is C10H10O. The van der Waals surface area contributed by atoms with Crippen molar-refractivity contribution in [3.05, 3.63) is 35.9 Å². The minimum atomic E-state index is 0.711. The number of allylic oxidation sites excluding steroid dienone is 1. The zero-order valence-electron chi connectivity index (χ0n) is 6.50. The Morgan fingerprint density at radius 2 is 2.09 bits per heavy atom. The third kappa shape index (κ3) is 1.03. The van der Waals surface area contributed by atoms with Gasteiger partial charge in [-0.05, 0) is 24.6 Å². The first-order valence-electron chi connectivity index (χ1n) is 3.77. The van der Waals surface area contributed by atoms with Gasteiger partial charge in [-0.2, -0.15) is 0 Å². The van der Waals surface area contributed by atoms with E-state index in [0.717, 1.165) is 5.75 Å². The van der Waals surface area contributed by atoms with Crippen LogP contribution in [0.25, 0.3) is 5.57 Å². The maximum absolute atomic E-state index is 5.42. The van der Waals surface area contributed by atoms with Crippen molar-refractivity contribution in [1.29, 1.82) is 0 Å². The summed E-state index contributed by atoms with van der Waals surface area (Å²) in [6, 6.07) is 8.12. The third-order valence-electron chi connectivity index (χ3n) is 1.94. The van der Waals surface area contributed by atoms with Crippen LogP contribution in [0.5, 0.6) is 5.75 Å². The van der Waals surface area contributed by atoms with E-state index in [1.807, 2.05) is 18.2 Å². The van der Waals surface area contributed by atoms with Crippen molar-refractivity contribution in [2.24, 2.45) is 0 Å². The maximum Gasteiger partial charge on any atom is 0.127 e. The minimum Gasteiger partial charge on any atom is -0.489 e. The molecular weight excluding hydrogens is 136 g/mol. The molecule has 0 atom stereocenters. The van der Waals surface area contributed by atoms with Crippen molar-refractivity contribution in [3.8, 4) is 5.75 Å². The van der Waals surface area contributed by atoms with Crippen LogP contribution < -0.4 is 4.74 Å². The van der Waals surface area contributed by atoms with Gasteiger partial charge in [0.05, 0.1) is 0 Å². The number of hydrogen-bond acceptors (Lipinski definition) is 1. The Morgan fingerprint density at radius 1 is 1.27 bits per heavy atom. The largest absolute Gasteiger partial charge is 0.489 e. The van der Waals surface area contributed by atoms with E-state index in [9.17, 15) is 0 Å². The summed E-state index contributed by atoms with van der Waals surface area (Å²) in [7, 11) is 0. The van der Waals surface area contributed by atoms with E-state index in [1.165, 1.54) is 11.1 Å². The molecule has 1 heterocycles. The summed E-state index contributed by atoms with van der Waals surface area (Å²) < 4.78 is 5.42. The van der Waals surface area contributed by atoms with Gasteiger partial charge in [0.15, 0.2) is 0 Å². The van der Waals surface area contributed by atoms with Crippen LogP contribution >= 0.6 is 0 Å². The van der Waals surface area contributed by atoms with Crippen LogP contribution in [-0.4, -0.2) is 6.61 Å². The molecule has 2 rings (SSSR count). The summed E-state index contributed by atoms with van der Waals surface area (Å²) in [5.41, 5.74) is 2.53. The second-order valence-electron chi connectivity index (χ2n) is 2.69. The van der Waals surface area contributed by atoms with Crippen molar-refractivity contribution in [2.75, 3.05) is 6.61 Å². The molecule has 0 amide bonds. The van der Waals surface area contributed by atoms with Crippen molar-refractivity contribution < 1.29 is 4.74 Å². The molecule has 1 aliphatic heterocycles. The number of benzene rings is 1. The lowest BCUT2D eigenvalue weighted by molar-refractivity contribution is 0.357. The highest BCUT2D eigenvalue weighted by Gasteiger charge is 2.07. The monoisotopic (exact) mass is 146 g/mol. The summed E-state index contributed by atoms with van der Waals surface area (Å²) in [5, 5.41) is 0. The SMILES string of the molecule is CC1=CCOc2ccccc21. The second kappa shape index (κ2) is 2.42. The smallest absolute Gasteiger partial charge is 0.127 e. The molecule has 0 spiro atoms. The summed E-state index contributed by atoms with van der Waals surface area (Å²) in [4.78, 5) is 0. The zero-order valence-corrected chi connectivity index (χ0v) is 6.50. The second-order valence-corrected chi connectivity index (χ2v) is 2.69. The van der Waals surface area contributed by atoms with Gasteiger partial charge in [0.1, 0.15) is 12.4 Å². The molecule has 11 heavy (non-hydrogen) atoms. The lowest BCUT2D eigenvalue weighted by Gasteiger charge is -2.15. The van der Waals surface area contributed by atoms with E-state index in [0.29, 0.717) is 6.61 Å². The van der Waals surface area contributed by atoms with Gasteiger partial charge in [0.25, 0.3) is 0 Å². The Bertz CT molecular complexity index is 299. The van der Waals surface area contributed by atoms with Gasteiger partial charge < -0.3 is 4.74 Å².